The normalized spacial score (nSPS) is 19.2. The number of fused-ring (bicyclic) bond motifs is 2. The van der Waals surface area contributed by atoms with E-state index in [0.717, 1.165) is 89.0 Å². The minimum atomic E-state index is -3.13. The third kappa shape index (κ3) is 5.75. The Bertz CT molecular complexity index is 1420. The molecule has 0 spiro atoms. The maximum Gasteiger partial charge on any atom is 0.259 e. The van der Waals surface area contributed by atoms with Crippen LogP contribution in [0.1, 0.15) is 50.7 Å². The molecule has 3 fully saturated rings. The molecule has 0 unspecified atom stereocenters. The van der Waals surface area contributed by atoms with Crippen LogP contribution in [0.25, 0.3) is 20.4 Å². The fraction of sp³-hybridized carbons (Fsp3) is 0.571. The zero-order chi connectivity index (χ0) is 25.6. The van der Waals surface area contributed by atoms with E-state index in [1.807, 2.05) is 11.3 Å². The van der Waals surface area contributed by atoms with Crippen LogP contribution in [0.5, 0.6) is 0 Å². The highest BCUT2D eigenvalue weighted by Crippen LogP contribution is 2.36. The molecule has 10 heteroatoms. The van der Waals surface area contributed by atoms with Crippen molar-refractivity contribution >= 4 is 53.2 Å². The zero-order valence-electron chi connectivity index (χ0n) is 22.2. The maximum atomic E-state index is 12.4. The van der Waals surface area contributed by atoms with Crippen LogP contribution in [-0.4, -0.2) is 64.1 Å². The summed E-state index contributed by atoms with van der Waals surface area (Å²) in [6.07, 6.45) is 5.19. The molecule has 38 heavy (non-hydrogen) atoms. The lowest BCUT2D eigenvalue weighted by Gasteiger charge is -2.34. The fourth-order valence-corrected chi connectivity index (χ4v) is 8.42. The minimum absolute atomic E-state index is 0. The van der Waals surface area contributed by atoms with E-state index in [0.29, 0.717) is 0 Å². The molecule has 6 rings (SSSR count). The average molecular weight is 669 g/mol. The van der Waals surface area contributed by atoms with E-state index in [2.05, 4.69) is 52.6 Å². The Morgan fingerprint density at radius 2 is 1.39 bits per heavy atom. The van der Waals surface area contributed by atoms with Gasteiger partial charge in [0.05, 0.1) is 18.5 Å². The van der Waals surface area contributed by atoms with Gasteiger partial charge in [0.2, 0.25) is 21.4 Å². The minimum Gasteiger partial charge on any atom is -1.00 e. The number of rotatable bonds is 7. The second kappa shape index (κ2) is 11.6. The van der Waals surface area contributed by atoms with Crippen LogP contribution in [0.3, 0.4) is 0 Å². The lowest BCUT2D eigenvalue weighted by molar-refractivity contribution is -0.0000108. The van der Waals surface area contributed by atoms with E-state index in [4.69, 9.17) is 9.72 Å². The van der Waals surface area contributed by atoms with Gasteiger partial charge in [-0.2, -0.15) is 0 Å². The fourth-order valence-electron chi connectivity index (χ4n) is 5.63. The first-order valence-electron chi connectivity index (χ1n) is 13.8. The van der Waals surface area contributed by atoms with E-state index in [-0.39, 0.29) is 35.3 Å². The maximum absolute atomic E-state index is 12.4. The molecule has 0 bridgehead atoms. The molecule has 3 aromatic rings. The number of piperidine rings is 1. The van der Waals surface area contributed by atoms with Crippen LogP contribution in [0.2, 0.25) is 0 Å². The number of aryl methyl sites for hydroxylation is 2. The molecule has 2 aromatic carbocycles. The van der Waals surface area contributed by atoms with Crippen molar-refractivity contribution in [3.8, 4) is 0 Å². The number of morpholine rings is 1. The highest BCUT2D eigenvalue weighted by molar-refractivity contribution is 7.90. The number of hydrogen-bond donors (Lipinski definition) is 1. The summed E-state index contributed by atoms with van der Waals surface area (Å²) >= 11 is 1.85. The molecule has 0 amide bonds. The molecule has 1 aromatic heterocycles. The number of nitrogens with one attached hydrogen (secondary N) is 1. The number of anilines is 2. The molecule has 1 N–H and O–H groups in total. The van der Waals surface area contributed by atoms with Crippen molar-refractivity contribution in [1.29, 1.82) is 0 Å². The summed E-state index contributed by atoms with van der Waals surface area (Å²) in [5, 5.41) is -0.154. The van der Waals surface area contributed by atoms with Crippen molar-refractivity contribution < 1.29 is 37.1 Å². The van der Waals surface area contributed by atoms with E-state index < -0.39 is 10.0 Å². The van der Waals surface area contributed by atoms with Gasteiger partial charge in [-0.15, -0.1) is 0 Å². The molecule has 0 radical (unpaired) electrons. The number of nitrogens with zero attached hydrogens (tertiary/aromatic N) is 3. The van der Waals surface area contributed by atoms with Gasteiger partial charge in [0.25, 0.3) is 9.40 Å². The van der Waals surface area contributed by atoms with Crippen molar-refractivity contribution in [2.24, 2.45) is 0 Å². The summed E-state index contributed by atoms with van der Waals surface area (Å²) in [6, 6.07) is 9.28. The predicted molar refractivity (Wildman–Crippen MR) is 154 cm³/mol. The second-order valence-electron chi connectivity index (χ2n) is 10.5. The summed E-state index contributed by atoms with van der Waals surface area (Å²) in [6.45, 7) is 9.55. The van der Waals surface area contributed by atoms with E-state index in [9.17, 15) is 8.42 Å². The van der Waals surface area contributed by atoms with Crippen molar-refractivity contribution in [2.75, 3.05) is 49.2 Å². The van der Waals surface area contributed by atoms with Crippen LogP contribution in [-0.2, 0) is 27.6 Å². The van der Waals surface area contributed by atoms with E-state index >= 15 is 0 Å². The van der Waals surface area contributed by atoms with Crippen molar-refractivity contribution in [3.05, 3.63) is 35.4 Å². The molecule has 0 atom stereocenters. The Balaban J connectivity index is 0.00000294. The Hall–Kier alpha value is -1.34. The highest BCUT2D eigenvalue weighted by Gasteiger charge is 2.37. The van der Waals surface area contributed by atoms with Crippen molar-refractivity contribution in [1.82, 2.24) is 9.71 Å². The molecule has 3 aliphatic rings. The van der Waals surface area contributed by atoms with Gasteiger partial charge in [0.1, 0.15) is 11.0 Å². The first kappa shape index (κ1) is 28.2. The second-order valence-corrected chi connectivity index (χ2v) is 13.6. The van der Waals surface area contributed by atoms with Gasteiger partial charge >= 0.3 is 0 Å². The number of halogens is 1. The number of hydrogen-bond acceptors (Lipinski definition) is 6. The van der Waals surface area contributed by atoms with Gasteiger partial charge in [0.15, 0.2) is 0 Å². The van der Waals surface area contributed by atoms with E-state index in [1.165, 1.54) is 31.9 Å². The molecule has 7 nitrogen and oxygen atoms in total. The third-order valence-corrected chi connectivity index (χ3v) is 11.1. The molecule has 1 saturated carbocycles. The van der Waals surface area contributed by atoms with Crippen LogP contribution in [0, 0.1) is 0 Å². The lowest BCUT2D eigenvalue weighted by atomic mass is 10.0. The first-order valence-corrected chi connectivity index (χ1v) is 16.1. The Labute approximate surface area is 247 Å². The molecular formula is C28H37IN4O3S2. The van der Waals surface area contributed by atoms with Crippen molar-refractivity contribution in [2.45, 2.75) is 63.7 Å². The quantitative estimate of drug-likeness (QED) is 0.235. The third-order valence-electron chi connectivity index (χ3n) is 8.01. The molecule has 3 heterocycles. The molecular weight excluding hydrogens is 631 g/mol. The predicted octanol–water partition coefficient (Wildman–Crippen LogP) is 1.75. The first-order chi connectivity index (χ1) is 17.9. The van der Waals surface area contributed by atoms with Gasteiger partial charge in [-0.25, -0.2) is 18.1 Å². The number of sulfonamides is 1. The van der Waals surface area contributed by atoms with Gasteiger partial charge in [-0.1, -0.05) is 13.8 Å². The summed E-state index contributed by atoms with van der Waals surface area (Å²) in [5.41, 5.74) is 7.33. The van der Waals surface area contributed by atoms with Crippen LogP contribution in [0.4, 0.5) is 11.4 Å². The van der Waals surface area contributed by atoms with Crippen LogP contribution in [0.15, 0.2) is 24.3 Å². The average Bonchev–Trinajstić information content (AvgIpc) is 3.78. The van der Waals surface area contributed by atoms with Crippen LogP contribution >= 0.6 is 11.3 Å². The summed E-state index contributed by atoms with van der Waals surface area (Å²) in [5.74, 6) is 0. The van der Waals surface area contributed by atoms with Crippen molar-refractivity contribution in [3.63, 3.8) is 0 Å². The van der Waals surface area contributed by atoms with Gasteiger partial charge in [-0.3, -0.25) is 0 Å². The van der Waals surface area contributed by atoms with E-state index in [1.54, 1.807) is 0 Å². The summed E-state index contributed by atoms with van der Waals surface area (Å²) in [7, 11) is -3.13. The number of benzene rings is 2. The summed E-state index contributed by atoms with van der Waals surface area (Å²) in [4.78, 5) is 10.1. The van der Waals surface area contributed by atoms with Gasteiger partial charge < -0.3 is 38.5 Å². The van der Waals surface area contributed by atoms with Crippen LogP contribution < -0.4 is 38.5 Å². The topological polar surface area (TPSA) is 74.8 Å². The monoisotopic (exact) mass is 668 g/mol. The molecule has 1 aliphatic carbocycles. The number of ether oxygens (including phenoxy) is 1. The highest BCUT2D eigenvalue weighted by atomic mass is 127. The molecule has 2 aliphatic heterocycles. The molecule has 206 valence electrons. The summed E-state index contributed by atoms with van der Waals surface area (Å²) < 4.78 is 35.8. The lowest BCUT2D eigenvalue weighted by Crippen LogP contribution is -3.00. The Morgan fingerprint density at radius 1 is 0.868 bits per heavy atom. The van der Waals surface area contributed by atoms with Gasteiger partial charge in [-0.05, 0) is 61.8 Å². The van der Waals surface area contributed by atoms with Gasteiger partial charge in [0, 0.05) is 55.7 Å². The zero-order valence-corrected chi connectivity index (χ0v) is 26.0. The molecule has 2 saturated heterocycles. The SMILES string of the molecule is CCc1cc(N2CCOCC2)cc2[s+]c3cc(N4CCC(NS(=O)(=O)C5CC5)CC4)cc(CC)c3nc12.[I-]. The Morgan fingerprint density at radius 3 is 1.89 bits per heavy atom. The standard InChI is InChI=1S/C28H37N4O3S2.HI/c1-3-19-15-22(31-9-7-21(8-10-31)30-37(33,34)24-5-6-24)17-25-27(19)29-28-20(4-2)16-23(18-26(28)36-25)32-11-13-35-14-12-32;/h15-18,21,24,30H,3-14H2,1-2H3;1H/q+1;/p-1. The number of aromatic nitrogens is 1. The largest absolute Gasteiger partial charge is 1.00 e. The Kier molecular flexibility index (Phi) is 8.64. The smallest absolute Gasteiger partial charge is 0.259 e.